The maximum atomic E-state index is 13.1. The van der Waals surface area contributed by atoms with Crippen LogP contribution in [-0.2, 0) is 10.2 Å². The molecule has 118 valence electrons. The summed E-state index contributed by atoms with van der Waals surface area (Å²) in [5.41, 5.74) is 6.48. The Labute approximate surface area is 131 Å². The van der Waals surface area contributed by atoms with Crippen molar-refractivity contribution >= 4 is 18.3 Å². The molecular weight excluding hydrogens is 291 g/mol. The molecule has 1 fully saturated rings. The highest BCUT2D eigenvalue weighted by molar-refractivity contribution is 5.85. The van der Waals surface area contributed by atoms with E-state index >= 15 is 0 Å². The van der Waals surface area contributed by atoms with Crippen molar-refractivity contribution < 1.29 is 9.18 Å². The molecular formula is C16H24ClFN2O. The predicted molar refractivity (Wildman–Crippen MR) is 85.1 cm³/mol. The third-order valence-electron chi connectivity index (χ3n) is 4.26. The van der Waals surface area contributed by atoms with Gasteiger partial charge in [-0.1, -0.05) is 31.4 Å². The van der Waals surface area contributed by atoms with E-state index in [-0.39, 0.29) is 29.5 Å². The van der Waals surface area contributed by atoms with Crippen LogP contribution < -0.4 is 11.1 Å². The lowest BCUT2D eigenvalue weighted by molar-refractivity contribution is -0.121. The smallest absolute Gasteiger partial charge is 0.221 e. The molecule has 0 atom stereocenters. The molecule has 0 aliphatic heterocycles. The predicted octanol–water partition coefficient (Wildman–Crippen LogP) is 2.91. The first kappa shape index (κ1) is 17.9. The van der Waals surface area contributed by atoms with Crippen LogP contribution in [0.3, 0.4) is 0 Å². The molecule has 1 aromatic rings. The number of rotatable bonds is 5. The third kappa shape index (κ3) is 4.68. The summed E-state index contributed by atoms with van der Waals surface area (Å²) in [6.45, 7) is 0.993. The highest BCUT2D eigenvalue weighted by Gasteiger charge is 2.34. The topological polar surface area (TPSA) is 55.1 Å². The van der Waals surface area contributed by atoms with Crippen molar-refractivity contribution in [3.8, 4) is 0 Å². The summed E-state index contributed by atoms with van der Waals surface area (Å²) < 4.78 is 13.1. The normalized spacial score (nSPS) is 16.9. The third-order valence-corrected chi connectivity index (χ3v) is 4.26. The van der Waals surface area contributed by atoms with Crippen LogP contribution in [0.4, 0.5) is 4.39 Å². The summed E-state index contributed by atoms with van der Waals surface area (Å²) in [5.74, 6) is -0.216. The number of hydrogen-bond acceptors (Lipinski definition) is 2. The van der Waals surface area contributed by atoms with E-state index in [1.54, 1.807) is 0 Å². The van der Waals surface area contributed by atoms with Crippen LogP contribution >= 0.6 is 12.4 Å². The number of nitrogens with one attached hydrogen (secondary N) is 1. The summed E-state index contributed by atoms with van der Waals surface area (Å²) in [6.07, 6.45) is 6.00. The summed E-state index contributed by atoms with van der Waals surface area (Å²) >= 11 is 0. The Kier molecular flexibility index (Phi) is 7.12. The number of hydrogen-bond donors (Lipinski definition) is 2. The molecule has 0 spiro atoms. The molecule has 21 heavy (non-hydrogen) atoms. The molecule has 3 N–H and O–H groups in total. The Hall–Kier alpha value is -1.13. The minimum absolute atomic E-state index is 0. The van der Waals surface area contributed by atoms with E-state index in [1.807, 2.05) is 12.1 Å². The first-order valence-corrected chi connectivity index (χ1v) is 7.39. The second-order valence-corrected chi connectivity index (χ2v) is 5.66. The maximum absolute atomic E-state index is 13.1. The molecule has 1 aliphatic rings. The minimum atomic E-state index is -0.216. The van der Waals surface area contributed by atoms with Gasteiger partial charge in [-0.2, -0.15) is 0 Å². The minimum Gasteiger partial charge on any atom is -0.355 e. The van der Waals surface area contributed by atoms with Crippen molar-refractivity contribution in [2.75, 3.05) is 13.1 Å². The highest BCUT2D eigenvalue weighted by atomic mass is 35.5. The van der Waals surface area contributed by atoms with Gasteiger partial charge in [0, 0.05) is 24.9 Å². The van der Waals surface area contributed by atoms with Crippen LogP contribution in [0.25, 0.3) is 0 Å². The van der Waals surface area contributed by atoms with Gasteiger partial charge in [0.15, 0.2) is 0 Å². The zero-order valence-electron chi connectivity index (χ0n) is 12.2. The van der Waals surface area contributed by atoms with Gasteiger partial charge in [-0.3, -0.25) is 4.79 Å². The number of carbonyl (C=O) groups is 1. The zero-order valence-corrected chi connectivity index (χ0v) is 13.1. The molecule has 1 amide bonds. The van der Waals surface area contributed by atoms with Crippen LogP contribution in [0.15, 0.2) is 24.3 Å². The fourth-order valence-corrected chi connectivity index (χ4v) is 3.09. The van der Waals surface area contributed by atoms with Crippen LogP contribution in [0.5, 0.6) is 0 Å². The van der Waals surface area contributed by atoms with E-state index in [4.69, 9.17) is 5.73 Å². The molecule has 0 heterocycles. The Morgan fingerprint density at radius 2 is 1.81 bits per heavy atom. The summed E-state index contributed by atoms with van der Waals surface area (Å²) in [6, 6.07) is 6.73. The summed E-state index contributed by atoms with van der Waals surface area (Å²) in [7, 11) is 0. The van der Waals surface area contributed by atoms with E-state index in [2.05, 4.69) is 5.32 Å². The van der Waals surface area contributed by atoms with Crippen LogP contribution in [0.1, 0.15) is 44.1 Å². The number of halogens is 2. The molecule has 0 aromatic heterocycles. The molecule has 1 aliphatic carbocycles. The van der Waals surface area contributed by atoms with E-state index in [0.717, 1.165) is 31.2 Å². The second kappa shape index (κ2) is 8.35. The van der Waals surface area contributed by atoms with Crippen molar-refractivity contribution in [3.05, 3.63) is 35.6 Å². The van der Waals surface area contributed by atoms with Gasteiger partial charge in [0.05, 0.1) is 0 Å². The van der Waals surface area contributed by atoms with Gasteiger partial charge >= 0.3 is 0 Å². The van der Waals surface area contributed by atoms with E-state index in [1.165, 1.54) is 18.6 Å². The van der Waals surface area contributed by atoms with E-state index < -0.39 is 0 Å². The molecule has 1 aromatic carbocycles. The first-order valence-electron chi connectivity index (χ1n) is 7.39. The fourth-order valence-electron chi connectivity index (χ4n) is 3.09. The van der Waals surface area contributed by atoms with Gasteiger partial charge < -0.3 is 11.1 Å². The first-order chi connectivity index (χ1) is 9.66. The molecule has 1 saturated carbocycles. The highest BCUT2D eigenvalue weighted by Crippen LogP contribution is 2.39. The van der Waals surface area contributed by atoms with Crippen molar-refractivity contribution in [1.29, 1.82) is 0 Å². The van der Waals surface area contributed by atoms with E-state index in [9.17, 15) is 9.18 Å². The van der Waals surface area contributed by atoms with Crippen molar-refractivity contribution in [3.63, 3.8) is 0 Å². The molecule has 0 unspecified atom stereocenters. The Bertz CT molecular complexity index is 444. The number of nitrogens with two attached hydrogens (primary N) is 1. The van der Waals surface area contributed by atoms with Crippen molar-refractivity contribution in [1.82, 2.24) is 5.32 Å². The van der Waals surface area contributed by atoms with Crippen molar-refractivity contribution in [2.24, 2.45) is 5.73 Å². The van der Waals surface area contributed by atoms with Gasteiger partial charge in [-0.25, -0.2) is 4.39 Å². The zero-order chi connectivity index (χ0) is 14.4. The molecule has 0 bridgehead atoms. The Morgan fingerprint density at radius 1 is 1.19 bits per heavy atom. The van der Waals surface area contributed by atoms with Crippen LogP contribution in [0.2, 0.25) is 0 Å². The SMILES string of the molecule is Cl.NCCC(=O)NCC1(c2ccc(F)cc2)CCCCC1. The average Bonchev–Trinajstić information content (AvgIpc) is 2.47. The monoisotopic (exact) mass is 314 g/mol. The molecule has 5 heteroatoms. The van der Waals surface area contributed by atoms with Gasteiger partial charge in [0.25, 0.3) is 0 Å². The van der Waals surface area contributed by atoms with Gasteiger partial charge in [-0.15, -0.1) is 12.4 Å². The number of carbonyl (C=O) groups excluding carboxylic acids is 1. The Balaban J connectivity index is 0.00000220. The van der Waals surface area contributed by atoms with Gasteiger partial charge in [-0.05, 0) is 30.5 Å². The molecule has 0 saturated heterocycles. The molecule has 0 radical (unpaired) electrons. The number of amides is 1. The Morgan fingerprint density at radius 3 is 2.38 bits per heavy atom. The lowest BCUT2D eigenvalue weighted by atomic mass is 9.69. The second-order valence-electron chi connectivity index (χ2n) is 5.66. The number of benzene rings is 1. The summed E-state index contributed by atoms with van der Waals surface area (Å²) in [4.78, 5) is 11.7. The van der Waals surface area contributed by atoms with Gasteiger partial charge in [0.1, 0.15) is 5.82 Å². The van der Waals surface area contributed by atoms with Crippen LogP contribution in [-0.4, -0.2) is 19.0 Å². The molecule has 3 nitrogen and oxygen atoms in total. The lowest BCUT2D eigenvalue weighted by Crippen LogP contribution is -2.42. The lowest BCUT2D eigenvalue weighted by Gasteiger charge is -2.38. The standard InChI is InChI=1S/C16H23FN2O.ClH/c17-14-6-4-13(5-7-14)16(9-2-1-3-10-16)12-19-15(20)8-11-18;/h4-7H,1-3,8-12,18H2,(H,19,20);1H. The van der Waals surface area contributed by atoms with E-state index in [0.29, 0.717) is 19.5 Å². The molecule has 2 rings (SSSR count). The van der Waals surface area contributed by atoms with Crippen molar-refractivity contribution in [2.45, 2.75) is 43.9 Å². The van der Waals surface area contributed by atoms with Crippen LogP contribution in [0, 0.1) is 5.82 Å². The van der Waals surface area contributed by atoms with Gasteiger partial charge in [0.2, 0.25) is 5.91 Å². The largest absolute Gasteiger partial charge is 0.355 e. The quantitative estimate of drug-likeness (QED) is 0.878. The summed E-state index contributed by atoms with van der Waals surface area (Å²) in [5, 5.41) is 2.99. The average molecular weight is 315 g/mol. The maximum Gasteiger partial charge on any atom is 0.221 e. The fraction of sp³-hybridized carbons (Fsp3) is 0.562.